The van der Waals surface area contributed by atoms with E-state index in [1.54, 1.807) is 24.3 Å². The van der Waals surface area contributed by atoms with Gasteiger partial charge >= 0.3 is 5.97 Å². The van der Waals surface area contributed by atoms with Gasteiger partial charge in [0.25, 0.3) is 0 Å². The first-order valence-electron chi connectivity index (χ1n) is 7.71. The molecule has 24 heavy (non-hydrogen) atoms. The molecular weight excluding hydrogens is 306 g/mol. The molecule has 0 unspecified atom stereocenters. The van der Waals surface area contributed by atoms with Crippen molar-refractivity contribution in [3.63, 3.8) is 0 Å². The van der Waals surface area contributed by atoms with Gasteiger partial charge in [0.15, 0.2) is 6.61 Å². The van der Waals surface area contributed by atoms with Crippen LogP contribution >= 0.6 is 0 Å². The maximum absolute atomic E-state index is 11.6. The van der Waals surface area contributed by atoms with Crippen LogP contribution in [0.4, 0.5) is 0 Å². The zero-order chi connectivity index (χ0) is 17.2. The number of benzene rings is 2. The highest BCUT2D eigenvalue weighted by Gasteiger charge is 2.04. The fourth-order valence-electron chi connectivity index (χ4n) is 1.95. The maximum atomic E-state index is 11.6. The molecule has 5 heteroatoms. The van der Waals surface area contributed by atoms with E-state index in [4.69, 9.17) is 19.5 Å². The molecule has 124 valence electrons. The molecule has 0 amide bonds. The van der Waals surface area contributed by atoms with Crippen LogP contribution in [-0.2, 0) is 16.0 Å². The van der Waals surface area contributed by atoms with Crippen molar-refractivity contribution in [1.29, 1.82) is 5.26 Å². The predicted molar refractivity (Wildman–Crippen MR) is 88.9 cm³/mol. The average molecular weight is 325 g/mol. The molecule has 0 N–H and O–H groups in total. The third-order valence-corrected chi connectivity index (χ3v) is 3.29. The van der Waals surface area contributed by atoms with E-state index in [1.807, 2.05) is 30.3 Å². The standard InChI is InChI=1S/C19H19NO4/c1-2-15-3-7-18(8-4-15)24-14-19(21)23-12-11-22-17-9-5-16(13-20)6-10-17/h3-10H,2,11-12,14H2,1H3. The summed E-state index contributed by atoms with van der Waals surface area (Å²) in [4.78, 5) is 11.6. The zero-order valence-corrected chi connectivity index (χ0v) is 13.5. The van der Waals surface area contributed by atoms with Crippen molar-refractivity contribution in [3.05, 3.63) is 59.7 Å². The van der Waals surface area contributed by atoms with E-state index < -0.39 is 5.97 Å². The minimum absolute atomic E-state index is 0.136. The van der Waals surface area contributed by atoms with Crippen LogP contribution in [0.1, 0.15) is 18.1 Å². The molecule has 0 aliphatic carbocycles. The van der Waals surface area contributed by atoms with E-state index in [0.29, 0.717) is 17.1 Å². The van der Waals surface area contributed by atoms with Gasteiger partial charge in [-0.25, -0.2) is 4.79 Å². The summed E-state index contributed by atoms with van der Waals surface area (Å²) in [7, 11) is 0. The summed E-state index contributed by atoms with van der Waals surface area (Å²) in [6.07, 6.45) is 0.960. The lowest BCUT2D eigenvalue weighted by atomic mass is 10.2. The fourth-order valence-corrected chi connectivity index (χ4v) is 1.95. The van der Waals surface area contributed by atoms with E-state index >= 15 is 0 Å². The summed E-state index contributed by atoms with van der Waals surface area (Å²) in [6.45, 7) is 2.31. The molecule has 2 aromatic carbocycles. The van der Waals surface area contributed by atoms with Crippen LogP contribution in [0.2, 0.25) is 0 Å². The van der Waals surface area contributed by atoms with Crippen LogP contribution in [0, 0.1) is 11.3 Å². The Morgan fingerprint density at radius 2 is 1.58 bits per heavy atom. The van der Waals surface area contributed by atoms with Crippen molar-refractivity contribution < 1.29 is 19.0 Å². The number of hydrogen-bond donors (Lipinski definition) is 0. The molecule has 0 saturated carbocycles. The number of carbonyl (C=O) groups excluding carboxylic acids is 1. The van der Waals surface area contributed by atoms with Gasteiger partial charge in [-0.1, -0.05) is 19.1 Å². The highest BCUT2D eigenvalue weighted by atomic mass is 16.6. The second kappa shape index (κ2) is 9.21. The molecule has 0 aliphatic heterocycles. The van der Waals surface area contributed by atoms with Crippen molar-refractivity contribution in [1.82, 2.24) is 0 Å². The van der Waals surface area contributed by atoms with Crippen LogP contribution in [-0.4, -0.2) is 25.8 Å². The SMILES string of the molecule is CCc1ccc(OCC(=O)OCCOc2ccc(C#N)cc2)cc1. The Balaban J connectivity index is 1.63. The third-order valence-electron chi connectivity index (χ3n) is 3.29. The number of nitrogens with zero attached hydrogens (tertiary/aromatic N) is 1. The van der Waals surface area contributed by atoms with E-state index in [-0.39, 0.29) is 19.8 Å². The van der Waals surface area contributed by atoms with Crippen molar-refractivity contribution in [3.8, 4) is 17.6 Å². The largest absolute Gasteiger partial charge is 0.490 e. The zero-order valence-electron chi connectivity index (χ0n) is 13.5. The Kier molecular flexibility index (Phi) is 6.66. The number of hydrogen-bond acceptors (Lipinski definition) is 5. The van der Waals surface area contributed by atoms with E-state index in [1.165, 1.54) is 5.56 Å². The van der Waals surface area contributed by atoms with Gasteiger partial charge in [-0.3, -0.25) is 0 Å². The number of carbonyl (C=O) groups is 1. The smallest absolute Gasteiger partial charge is 0.344 e. The Bertz CT molecular complexity index is 687. The third kappa shape index (κ3) is 5.65. The molecule has 5 nitrogen and oxygen atoms in total. The number of aryl methyl sites for hydroxylation is 1. The monoisotopic (exact) mass is 325 g/mol. The van der Waals surface area contributed by atoms with Crippen molar-refractivity contribution in [2.24, 2.45) is 0 Å². The van der Waals surface area contributed by atoms with Gasteiger partial charge < -0.3 is 14.2 Å². The van der Waals surface area contributed by atoms with Crippen molar-refractivity contribution in [2.45, 2.75) is 13.3 Å². The number of esters is 1. The van der Waals surface area contributed by atoms with E-state index in [0.717, 1.165) is 6.42 Å². The van der Waals surface area contributed by atoms with Crippen LogP contribution in [0.5, 0.6) is 11.5 Å². The Morgan fingerprint density at radius 3 is 2.21 bits per heavy atom. The summed E-state index contributed by atoms with van der Waals surface area (Å²) in [6, 6.07) is 16.4. The Morgan fingerprint density at radius 1 is 0.958 bits per heavy atom. The molecule has 0 atom stereocenters. The summed E-state index contributed by atoms with van der Waals surface area (Å²) < 4.78 is 15.8. The van der Waals surface area contributed by atoms with Gasteiger partial charge in [0.05, 0.1) is 11.6 Å². The molecule has 0 aliphatic rings. The number of rotatable bonds is 8. The Hall–Kier alpha value is -3.00. The average Bonchev–Trinajstić information content (AvgIpc) is 2.64. The first-order valence-corrected chi connectivity index (χ1v) is 7.71. The molecule has 0 spiro atoms. The van der Waals surface area contributed by atoms with Crippen LogP contribution < -0.4 is 9.47 Å². The number of nitriles is 1. The molecule has 0 saturated heterocycles. The predicted octanol–water partition coefficient (Wildman–Crippen LogP) is 3.12. The first-order chi connectivity index (χ1) is 11.7. The normalized spacial score (nSPS) is 9.83. The van der Waals surface area contributed by atoms with Gasteiger partial charge in [-0.05, 0) is 48.4 Å². The van der Waals surface area contributed by atoms with Crippen LogP contribution in [0.25, 0.3) is 0 Å². The molecule has 2 rings (SSSR count). The van der Waals surface area contributed by atoms with E-state index in [2.05, 4.69) is 6.92 Å². The summed E-state index contributed by atoms with van der Waals surface area (Å²) in [5, 5.41) is 8.70. The molecule has 0 aromatic heterocycles. The molecule has 0 heterocycles. The Labute approximate surface area is 141 Å². The lowest BCUT2D eigenvalue weighted by Crippen LogP contribution is -2.18. The maximum Gasteiger partial charge on any atom is 0.344 e. The van der Waals surface area contributed by atoms with Crippen molar-refractivity contribution in [2.75, 3.05) is 19.8 Å². The van der Waals surface area contributed by atoms with E-state index in [9.17, 15) is 4.79 Å². The topological polar surface area (TPSA) is 68.6 Å². The molecule has 0 radical (unpaired) electrons. The van der Waals surface area contributed by atoms with Gasteiger partial charge in [0.1, 0.15) is 24.7 Å². The first kappa shape index (κ1) is 17.4. The van der Waals surface area contributed by atoms with Crippen LogP contribution in [0.15, 0.2) is 48.5 Å². The van der Waals surface area contributed by atoms with Gasteiger partial charge in [0, 0.05) is 0 Å². The van der Waals surface area contributed by atoms with Crippen molar-refractivity contribution >= 4 is 5.97 Å². The number of ether oxygens (including phenoxy) is 3. The lowest BCUT2D eigenvalue weighted by molar-refractivity contribution is -0.146. The fraction of sp³-hybridized carbons (Fsp3) is 0.263. The summed E-state index contributed by atoms with van der Waals surface area (Å²) in [5.74, 6) is 0.813. The molecule has 0 bridgehead atoms. The quantitative estimate of drug-likeness (QED) is 0.551. The lowest BCUT2D eigenvalue weighted by Gasteiger charge is -2.09. The summed E-state index contributed by atoms with van der Waals surface area (Å²) >= 11 is 0. The molecular formula is C19H19NO4. The van der Waals surface area contributed by atoms with Gasteiger partial charge in [-0.15, -0.1) is 0 Å². The van der Waals surface area contributed by atoms with Gasteiger partial charge in [-0.2, -0.15) is 5.26 Å². The highest BCUT2D eigenvalue weighted by Crippen LogP contribution is 2.13. The van der Waals surface area contributed by atoms with Gasteiger partial charge in [0.2, 0.25) is 0 Å². The second-order valence-corrected chi connectivity index (χ2v) is 4.99. The minimum Gasteiger partial charge on any atom is -0.490 e. The molecule has 2 aromatic rings. The highest BCUT2D eigenvalue weighted by molar-refractivity contribution is 5.71. The second-order valence-electron chi connectivity index (χ2n) is 4.99. The minimum atomic E-state index is -0.446. The molecule has 0 fully saturated rings. The summed E-state index contributed by atoms with van der Waals surface area (Å²) in [5.41, 5.74) is 1.78. The van der Waals surface area contributed by atoms with Crippen LogP contribution in [0.3, 0.4) is 0 Å².